The van der Waals surface area contributed by atoms with Crippen LogP contribution in [0, 0.1) is 5.92 Å². The molecular formula is C13H23NO2. The first-order valence-electron chi connectivity index (χ1n) is 5.91. The zero-order valence-electron chi connectivity index (χ0n) is 10.6. The van der Waals surface area contributed by atoms with Gasteiger partial charge in [-0.15, -0.1) is 0 Å². The number of carbonyl (C=O) groups is 2. The van der Waals surface area contributed by atoms with Crippen LogP contribution in [0.15, 0.2) is 12.2 Å². The summed E-state index contributed by atoms with van der Waals surface area (Å²) >= 11 is 0. The lowest BCUT2D eigenvalue weighted by Gasteiger charge is -2.07. The Morgan fingerprint density at radius 2 is 1.81 bits per heavy atom. The number of rotatable bonds is 8. The number of allylic oxidation sites excluding steroid dienone is 1. The Labute approximate surface area is 98.3 Å². The lowest BCUT2D eigenvalue weighted by molar-refractivity contribution is -0.124. The maximum atomic E-state index is 11.2. The highest BCUT2D eigenvalue weighted by atomic mass is 16.1. The predicted molar refractivity (Wildman–Crippen MR) is 66.1 cm³/mol. The van der Waals surface area contributed by atoms with E-state index in [0.717, 1.165) is 19.3 Å². The van der Waals surface area contributed by atoms with Crippen LogP contribution in [0.3, 0.4) is 0 Å². The van der Waals surface area contributed by atoms with Crippen LogP contribution in [0.2, 0.25) is 0 Å². The second-order valence-electron chi connectivity index (χ2n) is 4.46. The molecule has 0 atom stereocenters. The smallest absolute Gasteiger partial charge is 0.222 e. The molecule has 0 rings (SSSR count). The first-order chi connectivity index (χ1) is 7.45. The van der Waals surface area contributed by atoms with Gasteiger partial charge in [-0.1, -0.05) is 26.8 Å². The molecule has 0 bridgehead atoms. The van der Waals surface area contributed by atoms with Crippen molar-refractivity contribution < 1.29 is 9.59 Å². The molecule has 1 amide bonds. The summed E-state index contributed by atoms with van der Waals surface area (Å²) in [4.78, 5) is 22.4. The fourth-order valence-electron chi connectivity index (χ4n) is 1.22. The van der Waals surface area contributed by atoms with Crippen LogP contribution >= 0.6 is 0 Å². The summed E-state index contributed by atoms with van der Waals surface area (Å²) in [5, 5.41) is 2.85. The van der Waals surface area contributed by atoms with Gasteiger partial charge >= 0.3 is 0 Å². The zero-order valence-corrected chi connectivity index (χ0v) is 10.6. The van der Waals surface area contributed by atoms with Gasteiger partial charge in [-0.2, -0.15) is 0 Å². The first kappa shape index (κ1) is 14.9. The summed E-state index contributed by atoms with van der Waals surface area (Å²) in [7, 11) is 0. The van der Waals surface area contributed by atoms with E-state index in [-0.39, 0.29) is 17.6 Å². The van der Waals surface area contributed by atoms with Crippen molar-refractivity contribution in [3.05, 3.63) is 12.2 Å². The van der Waals surface area contributed by atoms with E-state index in [1.54, 1.807) is 6.92 Å². The van der Waals surface area contributed by atoms with E-state index in [0.29, 0.717) is 18.5 Å². The molecule has 0 unspecified atom stereocenters. The molecule has 0 spiro atoms. The molecule has 0 saturated heterocycles. The van der Waals surface area contributed by atoms with E-state index < -0.39 is 0 Å². The SMILES string of the molecule is C=C(C)C(=O)CCCCCNC(=O)C(C)C. The molecule has 0 radical (unpaired) electrons. The number of hydrogen-bond acceptors (Lipinski definition) is 2. The fraction of sp³-hybridized carbons (Fsp3) is 0.692. The molecule has 0 aromatic carbocycles. The van der Waals surface area contributed by atoms with E-state index in [1.165, 1.54) is 0 Å². The highest BCUT2D eigenvalue weighted by Gasteiger charge is 2.05. The van der Waals surface area contributed by atoms with E-state index in [4.69, 9.17) is 0 Å². The van der Waals surface area contributed by atoms with Crippen molar-refractivity contribution in [3.63, 3.8) is 0 Å². The average molecular weight is 225 g/mol. The molecule has 0 aromatic rings. The van der Waals surface area contributed by atoms with Crippen LogP contribution in [-0.2, 0) is 9.59 Å². The summed E-state index contributed by atoms with van der Waals surface area (Å²) in [5.74, 6) is 0.286. The minimum absolute atomic E-state index is 0.0463. The number of unbranched alkanes of at least 4 members (excludes halogenated alkanes) is 2. The monoisotopic (exact) mass is 225 g/mol. The van der Waals surface area contributed by atoms with Gasteiger partial charge in [0.25, 0.3) is 0 Å². The Morgan fingerprint density at radius 1 is 1.19 bits per heavy atom. The number of amides is 1. The van der Waals surface area contributed by atoms with Crippen molar-refractivity contribution in [2.75, 3.05) is 6.54 Å². The maximum absolute atomic E-state index is 11.2. The second kappa shape index (κ2) is 8.08. The Bertz CT molecular complexity index is 257. The van der Waals surface area contributed by atoms with Crippen molar-refractivity contribution in [2.45, 2.75) is 46.5 Å². The van der Waals surface area contributed by atoms with Crippen molar-refractivity contribution in [2.24, 2.45) is 5.92 Å². The van der Waals surface area contributed by atoms with Gasteiger partial charge in [0, 0.05) is 18.9 Å². The average Bonchev–Trinajstić information content (AvgIpc) is 2.21. The molecule has 0 aliphatic carbocycles. The van der Waals surface area contributed by atoms with E-state index >= 15 is 0 Å². The van der Waals surface area contributed by atoms with Gasteiger partial charge < -0.3 is 5.32 Å². The van der Waals surface area contributed by atoms with Gasteiger partial charge in [-0.3, -0.25) is 9.59 Å². The van der Waals surface area contributed by atoms with Gasteiger partial charge in [-0.25, -0.2) is 0 Å². The Kier molecular flexibility index (Phi) is 7.52. The number of Topliss-reactive ketones (excluding diaryl/α,β-unsaturated/α-hetero) is 1. The molecule has 0 fully saturated rings. The minimum Gasteiger partial charge on any atom is -0.356 e. The van der Waals surface area contributed by atoms with Crippen molar-refractivity contribution >= 4 is 11.7 Å². The molecule has 16 heavy (non-hydrogen) atoms. The van der Waals surface area contributed by atoms with Crippen LogP contribution < -0.4 is 5.32 Å². The lowest BCUT2D eigenvalue weighted by atomic mass is 10.1. The Hall–Kier alpha value is -1.12. The van der Waals surface area contributed by atoms with E-state index in [2.05, 4.69) is 11.9 Å². The van der Waals surface area contributed by atoms with Gasteiger partial charge in [0.15, 0.2) is 5.78 Å². The van der Waals surface area contributed by atoms with Gasteiger partial charge in [-0.05, 0) is 25.3 Å². The predicted octanol–water partition coefficient (Wildman–Crippen LogP) is 2.46. The normalized spacial score (nSPS) is 10.2. The summed E-state index contributed by atoms with van der Waals surface area (Å²) < 4.78 is 0. The molecule has 0 saturated carbocycles. The molecular weight excluding hydrogens is 202 g/mol. The maximum Gasteiger partial charge on any atom is 0.222 e. The van der Waals surface area contributed by atoms with E-state index in [1.807, 2.05) is 13.8 Å². The molecule has 0 aliphatic heterocycles. The lowest BCUT2D eigenvalue weighted by Crippen LogP contribution is -2.28. The molecule has 0 aromatic heterocycles. The third-order valence-corrected chi connectivity index (χ3v) is 2.38. The van der Waals surface area contributed by atoms with Gasteiger partial charge in [0.2, 0.25) is 5.91 Å². The van der Waals surface area contributed by atoms with Crippen molar-refractivity contribution in [3.8, 4) is 0 Å². The Balaban J connectivity index is 3.38. The molecule has 0 aliphatic rings. The highest BCUT2D eigenvalue weighted by molar-refractivity contribution is 5.93. The standard InChI is InChI=1S/C13H23NO2/c1-10(2)12(15)8-6-5-7-9-14-13(16)11(3)4/h11H,1,5-9H2,2-4H3,(H,14,16). The molecule has 3 nitrogen and oxygen atoms in total. The topological polar surface area (TPSA) is 46.2 Å². The van der Waals surface area contributed by atoms with Crippen LogP contribution in [0.25, 0.3) is 0 Å². The number of carbonyl (C=O) groups excluding carboxylic acids is 2. The second-order valence-corrected chi connectivity index (χ2v) is 4.46. The molecule has 3 heteroatoms. The van der Waals surface area contributed by atoms with Crippen LogP contribution in [-0.4, -0.2) is 18.2 Å². The van der Waals surface area contributed by atoms with E-state index in [9.17, 15) is 9.59 Å². The fourth-order valence-corrected chi connectivity index (χ4v) is 1.22. The van der Waals surface area contributed by atoms with Crippen LogP contribution in [0.4, 0.5) is 0 Å². The zero-order chi connectivity index (χ0) is 12.6. The van der Waals surface area contributed by atoms with Gasteiger partial charge in [0.05, 0.1) is 0 Å². The summed E-state index contributed by atoms with van der Waals surface area (Å²) in [6.45, 7) is 9.81. The van der Waals surface area contributed by atoms with Crippen LogP contribution in [0.1, 0.15) is 46.5 Å². The first-order valence-corrected chi connectivity index (χ1v) is 5.91. The summed E-state index contributed by atoms with van der Waals surface area (Å²) in [5.41, 5.74) is 0.633. The third kappa shape index (κ3) is 7.21. The molecule has 1 N–H and O–H groups in total. The number of hydrogen-bond donors (Lipinski definition) is 1. The van der Waals surface area contributed by atoms with Crippen molar-refractivity contribution in [1.29, 1.82) is 0 Å². The van der Waals surface area contributed by atoms with Crippen molar-refractivity contribution in [1.82, 2.24) is 5.32 Å². The van der Waals surface area contributed by atoms with Crippen LogP contribution in [0.5, 0.6) is 0 Å². The minimum atomic E-state index is 0.0463. The molecule has 0 heterocycles. The Morgan fingerprint density at radius 3 is 2.31 bits per heavy atom. The quantitative estimate of drug-likeness (QED) is 0.509. The van der Waals surface area contributed by atoms with Gasteiger partial charge in [0.1, 0.15) is 0 Å². The summed E-state index contributed by atoms with van der Waals surface area (Å²) in [6.07, 6.45) is 3.36. The molecule has 92 valence electrons. The number of ketones is 1. The number of nitrogens with one attached hydrogen (secondary N) is 1. The largest absolute Gasteiger partial charge is 0.356 e. The third-order valence-electron chi connectivity index (χ3n) is 2.38. The summed E-state index contributed by atoms with van der Waals surface area (Å²) in [6, 6.07) is 0. The highest BCUT2D eigenvalue weighted by Crippen LogP contribution is 2.04.